The van der Waals surface area contributed by atoms with Gasteiger partial charge in [0.05, 0.1) is 6.04 Å². The van der Waals surface area contributed by atoms with E-state index in [0.29, 0.717) is 5.75 Å². The highest BCUT2D eigenvalue weighted by atomic mass is 32.2. The van der Waals surface area contributed by atoms with Gasteiger partial charge in [0.1, 0.15) is 23.9 Å². The molecule has 0 fully saturated rings. The fourth-order valence-corrected chi connectivity index (χ4v) is 4.01. The highest BCUT2D eigenvalue weighted by molar-refractivity contribution is 7.98. The van der Waals surface area contributed by atoms with Crippen LogP contribution in [-0.2, 0) is 30.4 Å². The molecule has 0 saturated heterocycles. The van der Waals surface area contributed by atoms with E-state index >= 15 is 0 Å². The standard InChI is InChI=1S/C25H38N4O8S/c1-14(2)12-20(24(35)28-19(25(36)37)8-9-21(31)32)29-23(34)18(10-11-38-3)27-22(33)17(26)13-15-4-6-16(30)7-5-15/h4-7,14,17-20,30H,8-13,26H2,1-3H3,(H,27,33)(H,28,35)(H,29,34)(H,31,32)(H,36,37). The van der Waals surface area contributed by atoms with Gasteiger partial charge in [-0.2, -0.15) is 11.8 Å². The summed E-state index contributed by atoms with van der Waals surface area (Å²) in [5.41, 5.74) is 6.76. The summed E-state index contributed by atoms with van der Waals surface area (Å²) >= 11 is 1.46. The van der Waals surface area contributed by atoms with Gasteiger partial charge in [-0.15, -0.1) is 0 Å². The van der Waals surface area contributed by atoms with E-state index in [-0.39, 0.29) is 37.4 Å². The average Bonchev–Trinajstić information content (AvgIpc) is 2.84. The van der Waals surface area contributed by atoms with Crippen LogP contribution in [0, 0.1) is 5.92 Å². The Morgan fingerprint density at radius 1 is 0.868 bits per heavy atom. The molecule has 0 aromatic heterocycles. The number of hydrogen-bond donors (Lipinski definition) is 7. The minimum absolute atomic E-state index is 0.0497. The number of nitrogens with one attached hydrogen (secondary N) is 3. The highest BCUT2D eigenvalue weighted by Gasteiger charge is 2.30. The lowest BCUT2D eigenvalue weighted by Gasteiger charge is -2.26. The van der Waals surface area contributed by atoms with E-state index in [0.717, 1.165) is 5.56 Å². The first-order valence-corrected chi connectivity index (χ1v) is 13.6. The van der Waals surface area contributed by atoms with E-state index in [1.54, 1.807) is 12.1 Å². The summed E-state index contributed by atoms with van der Waals surface area (Å²) in [6.07, 6.45) is 1.69. The molecule has 0 aliphatic heterocycles. The Morgan fingerprint density at radius 3 is 1.95 bits per heavy atom. The van der Waals surface area contributed by atoms with E-state index < -0.39 is 60.2 Å². The monoisotopic (exact) mass is 554 g/mol. The van der Waals surface area contributed by atoms with Crippen molar-refractivity contribution in [1.82, 2.24) is 16.0 Å². The summed E-state index contributed by atoms with van der Waals surface area (Å²) in [6.45, 7) is 3.64. The molecule has 0 heterocycles. The molecule has 1 aromatic rings. The largest absolute Gasteiger partial charge is 0.508 e. The molecule has 1 aromatic carbocycles. The fraction of sp³-hybridized carbons (Fsp3) is 0.560. The van der Waals surface area contributed by atoms with Crippen molar-refractivity contribution in [1.29, 1.82) is 0 Å². The first-order chi connectivity index (χ1) is 17.8. The lowest BCUT2D eigenvalue weighted by Crippen LogP contribution is -2.57. The van der Waals surface area contributed by atoms with Gasteiger partial charge in [0.2, 0.25) is 17.7 Å². The lowest BCUT2D eigenvalue weighted by molar-refractivity contribution is -0.143. The fourth-order valence-electron chi connectivity index (χ4n) is 3.53. The minimum atomic E-state index is -1.44. The second-order valence-electron chi connectivity index (χ2n) is 9.34. The molecule has 3 amide bonds. The maximum Gasteiger partial charge on any atom is 0.326 e. The third-order valence-corrected chi connectivity index (χ3v) is 6.22. The van der Waals surface area contributed by atoms with Crippen LogP contribution in [0.4, 0.5) is 0 Å². The van der Waals surface area contributed by atoms with Crippen LogP contribution < -0.4 is 21.7 Å². The zero-order valence-corrected chi connectivity index (χ0v) is 22.6. The molecule has 0 bridgehead atoms. The van der Waals surface area contributed by atoms with Crippen LogP contribution in [0.2, 0.25) is 0 Å². The van der Waals surface area contributed by atoms with E-state index in [2.05, 4.69) is 16.0 Å². The van der Waals surface area contributed by atoms with Crippen molar-refractivity contribution in [3.63, 3.8) is 0 Å². The van der Waals surface area contributed by atoms with Crippen LogP contribution in [0.15, 0.2) is 24.3 Å². The van der Waals surface area contributed by atoms with Crippen LogP contribution in [0.5, 0.6) is 5.75 Å². The zero-order valence-electron chi connectivity index (χ0n) is 21.8. The zero-order chi connectivity index (χ0) is 28.8. The molecule has 212 valence electrons. The molecule has 38 heavy (non-hydrogen) atoms. The number of aromatic hydroxyl groups is 1. The van der Waals surface area contributed by atoms with Gasteiger partial charge in [0.15, 0.2) is 0 Å². The quantitative estimate of drug-likeness (QED) is 0.141. The summed E-state index contributed by atoms with van der Waals surface area (Å²) in [5, 5.41) is 35.2. The molecule has 12 nitrogen and oxygen atoms in total. The van der Waals surface area contributed by atoms with Crippen LogP contribution in [0.25, 0.3) is 0 Å². The molecule has 8 N–H and O–H groups in total. The number of carboxylic acids is 2. The number of carbonyl (C=O) groups excluding carboxylic acids is 3. The molecule has 4 atom stereocenters. The Labute approximate surface area is 226 Å². The van der Waals surface area contributed by atoms with Crippen molar-refractivity contribution in [3.05, 3.63) is 29.8 Å². The first-order valence-electron chi connectivity index (χ1n) is 12.2. The normalized spacial score (nSPS) is 14.1. The first kappa shape index (κ1) is 32.7. The maximum absolute atomic E-state index is 13.2. The number of hydrogen-bond acceptors (Lipinski definition) is 8. The Morgan fingerprint density at radius 2 is 1.42 bits per heavy atom. The van der Waals surface area contributed by atoms with Crippen molar-refractivity contribution in [2.75, 3.05) is 12.0 Å². The number of thioether (sulfide) groups is 1. The topological polar surface area (TPSA) is 208 Å². The lowest BCUT2D eigenvalue weighted by atomic mass is 10.0. The number of nitrogens with two attached hydrogens (primary N) is 1. The highest BCUT2D eigenvalue weighted by Crippen LogP contribution is 2.12. The molecular weight excluding hydrogens is 516 g/mol. The van der Waals surface area contributed by atoms with Crippen molar-refractivity contribution in [3.8, 4) is 5.75 Å². The Hall–Kier alpha value is -3.32. The number of benzene rings is 1. The summed E-state index contributed by atoms with van der Waals surface area (Å²) in [4.78, 5) is 61.2. The van der Waals surface area contributed by atoms with E-state index in [1.165, 1.54) is 23.9 Å². The smallest absolute Gasteiger partial charge is 0.326 e. The second-order valence-corrected chi connectivity index (χ2v) is 10.3. The van der Waals surface area contributed by atoms with Crippen molar-refractivity contribution < 1.29 is 39.3 Å². The number of phenols is 1. The Kier molecular flexibility index (Phi) is 14.2. The predicted octanol–water partition coefficient (Wildman–Crippen LogP) is 0.465. The third kappa shape index (κ3) is 12.3. The number of carboxylic acid groups (broad SMARTS) is 2. The molecular formula is C25H38N4O8S. The van der Waals surface area contributed by atoms with E-state index in [9.17, 15) is 34.2 Å². The van der Waals surface area contributed by atoms with Gasteiger partial charge in [-0.3, -0.25) is 19.2 Å². The molecule has 0 aliphatic carbocycles. The number of carbonyl (C=O) groups is 5. The summed E-state index contributed by atoms with van der Waals surface area (Å²) < 4.78 is 0. The Balaban J connectivity index is 2.94. The third-order valence-electron chi connectivity index (χ3n) is 5.57. The number of amides is 3. The number of phenolic OH excluding ortho intramolecular Hbond substituents is 1. The van der Waals surface area contributed by atoms with E-state index in [1.807, 2.05) is 20.1 Å². The predicted molar refractivity (Wildman–Crippen MR) is 143 cm³/mol. The van der Waals surface area contributed by atoms with Gasteiger partial charge in [0.25, 0.3) is 0 Å². The van der Waals surface area contributed by atoms with Gasteiger partial charge in [-0.1, -0.05) is 26.0 Å². The van der Waals surface area contributed by atoms with Gasteiger partial charge < -0.3 is 37.0 Å². The van der Waals surface area contributed by atoms with Crippen molar-refractivity contribution in [2.24, 2.45) is 11.7 Å². The van der Waals surface area contributed by atoms with Gasteiger partial charge in [-0.25, -0.2) is 4.79 Å². The van der Waals surface area contributed by atoms with Gasteiger partial charge >= 0.3 is 11.9 Å². The van der Waals surface area contributed by atoms with Crippen molar-refractivity contribution >= 4 is 41.4 Å². The molecule has 0 radical (unpaired) electrons. The molecule has 1 rings (SSSR count). The van der Waals surface area contributed by atoms with Crippen LogP contribution in [0.1, 0.15) is 45.1 Å². The average molecular weight is 555 g/mol. The molecule has 0 aliphatic rings. The molecule has 0 saturated carbocycles. The van der Waals surface area contributed by atoms with Crippen LogP contribution in [0.3, 0.4) is 0 Å². The number of aliphatic carboxylic acids is 2. The second kappa shape index (κ2) is 16.5. The molecule has 13 heteroatoms. The van der Waals surface area contributed by atoms with Gasteiger partial charge in [-0.05, 0) is 61.3 Å². The summed E-state index contributed by atoms with van der Waals surface area (Å²) in [6, 6.07) is 1.72. The number of rotatable bonds is 17. The minimum Gasteiger partial charge on any atom is -0.508 e. The maximum atomic E-state index is 13.2. The van der Waals surface area contributed by atoms with Crippen LogP contribution >= 0.6 is 11.8 Å². The van der Waals surface area contributed by atoms with Crippen LogP contribution in [-0.4, -0.2) is 81.2 Å². The van der Waals surface area contributed by atoms with Crippen molar-refractivity contribution in [2.45, 2.75) is 70.1 Å². The molecule has 0 spiro atoms. The SMILES string of the molecule is CSCCC(NC(=O)C(N)Cc1ccc(O)cc1)C(=O)NC(CC(C)C)C(=O)NC(CCC(=O)O)C(=O)O. The van der Waals surface area contributed by atoms with E-state index in [4.69, 9.17) is 10.8 Å². The van der Waals surface area contributed by atoms with Gasteiger partial charge in [0, 0.05) is 6.42 Å². The Bertz CT molecular complexity index is 957. The molecule has 4 unspecified atom stereocenters. The summed E-state index contributed by atoms with van der Waals surface area (Å²) in [5.74, 6) is -3.97. The summed E-state index contributed by atoms with van der Waals surface area (Å²) in [7, 11) is 0.